The van der Waals surface area contributed by atoms with Gasteiger partial charge in [-0.25, -0.2) is 17.6 Å². The number of anilines is 2. The summed E-state index contributed by atoms with van der Waals surface area (Å²) in [7, 11) is -2.63. The number of nitrogens with zero attached hydrogens (tertiary/aromatic N) is 1. The van der Waals surface area contributed by atoms with Crippen molar-refractivity contribution in [3.8, 4) is 0 Å². The maximum Gasteiger partial charge on any atom is 0.337 e. The van der Waals surface area contributed by atoms with Crippen molar-refractivity contribution in [2.75, 3.05) is 23.0 Å². The summed E-state index contributed by atoms with van der Waals surface area (Å²) in [6.45, 7) is 3.11. The van der Waals surface area contributed by atoms with Gasteiger partial charge in [-0.05, 0) is 49.7 Å². The van der Waals surface area contributed by atoms with Crippen LogP contribution in [0.25, 0.3) is 0 Å². The number of rotatable bonds is 6. The highest BCUT2D eigenvalue weighted by Crippen LogP contribution is 2.23. The average molecular weight is 408 g/mol. The minimum absolute atomic E-state index is 0.0326. The minimum atomic E-state index is -3.88. The molecular formula is C19H21FN2O5S. The molecule has 0 aliphatic rings. The van der Waals surface area contributed by atoms with E-state index in [2.05, 4.69) is 10.1 Å². The van der Waals surface area contributed by atoms with Crippen molar-refractivity contribution >= 4 is 33.3 Å². The van der Waals surface area contributed by atoms with Gasteiger partial charge >= 0.3 is 5.97 Å². The number of esters is 1. The molecule has 0 aliphatic heterocycles. The Bertz CT molecular complexity index is 1010. The van der Waals surface area contributed by atoms with Crippen LogP contribution in [0.2, 0.25) is 0 Å². The van der Waals surface area contributed by atoms with Gasteiger partial charge in [-0.2, -0.15) is 0 Å². The van der Waals surface area contributed by atoms with Gasteiger partial charge in [0.05, 0.1) is 24.6 Å². The lowest BCUT2D eigenvalue weighted by molar-refractivity contribution is -0.116. The third-order valence-electron chi connectivity index (χ3n) is 4.07. The number of carbonyl (C=O) groups is 2. The molecule has 0 radical (unpaired) electrons. The van der Waals surface area contributed by atoms with Gasteiger partial charge in [0, 0.05) is 5.69 Å². The van der Waals surface area contributed by atoms with E-state index in [4.69, 9.17) is 0 Å². The monoisotopic (exact) mass is 408 g/mol. The smallest absolute Gasteiger partial charge is 0.337 e. The molecule has 0 spiro atoms. The van der Waals surface area contributed by atoms with Crippen LogP contribution >= 0.6 is 0 Å². The SMILES string of the molecule is COC(=O)c1ccc(C)c(NC(=O)C(C)N(c2cccc(F)c2)S(C)(=O)=O)c1. The largest absolute Gasteiger partial charge is 0.465 e. The van der Waals surface area contributed by atoms with Crippen LogP contribution < -0.4 is 9.62 Å². The van der Waals surface area contributed by atoms with Crippen molar-refractivity contribution < 1.29 is 27.1 Å². The molecule has 150 valence electrons. The first-order chi connectivity index (χ1) is 13.0. The van der Waals surface area contributed by atoms with Gasteiger partial charge in [0.2, 0.25) is 15.9 Å². The number of aryl methyl sites for hydroxylation is 1. The van der Waals surface area contributed by atoms with Gasteiger partial charge in [-0.1, -0.05) is 12.1 Å². The number of amides is 1. The number of hydrogen-bond donors (Lipinski definition) is 1. The molecule has 1 N–H and O–H groups in total. The van der Waals surface area contributed by atoms with E-state index in [9.17, 15) is 22.4 Å². The van der Waals surface area contributed by atoms with Crippen molar-refractivity contribution in [1.29, 1.82) is 0 Å². The Morgan fingerprint density at radius 1 is 1.18 bits per heavy atom. The zero-order chi connectivity index (χ0) is 21.1. The summed E-state index contributed by atoms with van der Waals surface area (Å²) in [5, 5.41) is 2.62. The molecule has 0 aromatic heterocycles. The summed E-state index contributed by atoms with van der Waals surface area (Å²) in [5.41, 5.74) is 1.28. The second-order valence-electron chi connectivity index (χ2n) is 6.23. The molecule has 7 nitrogen and oxygen atoms in total. The van der Waals surface area contributed by atoms with Crippen LogP contribution in [0.1, 0.15) is 22.8 Å². The van der Waals surface area contributed by atoms with E-state index in [0.29, 0.717) is 11.3 Å². The van der Waals surface area contributed by atoms with Crippen LogP contribution in [0.3, 0.4) is 0 Å². The van der Waals surface area contributed by atoms with Crippen LogP contribution in [0.5, 0.6) is 0 Å². The third kappa shape index (κ3) is 4.86. The van der Waals surface area contributed by atoms with Crippen molar-refractivity contribution in [3.63, 3.8) is 0 Å². The zero-order valence-electron chi connectivity index (χ0n) is 15.9. The Hall–Kier alpha value is -2.94. The summed E-state index contributed by atoms with van der Waals surface area (Å²) in [6, 6.07) is 8.43. The Labute approximate surface area is 163 Å². The van der Waals surface area contributed by atoms with E-state index in [1.165, 1.54) is 38.3 Å². The fourth-order valence-corrected chi connectivity index (χ4v) is 3.83. The molecule has 9 heteroatoms. The molecule has 2 aromatic rings. The number of sulfonamides is 1. The fraction of sp³-hybridized carbons (Fsp3) is 0.263. The number of methoxy groups -OCH3 is 1. The van der Waals surface area contributed by atoms with Crippen molar-refractivity contribution in [2.45, 2.75) is 19.9 Å². The molecule has 28 heavy (non-hydrogen) atoms. The van der Waals surface area contributed by atoms with E-state index < -0.39 is 33.8 Å². The van der Waals surface area contributed by atoms with Crippen LogP contribution in [-0.2, 0) is 19.6 Å². The molecule has 0 heterocycles. The highest BCUT2D eigenvalue weighted by atomic mass is 32.2. The summed E-state index contributed by atoms with van der Waals surface area (Å²) >= 11 is 0. The summed E-state index contributed by atoms with van der Waals surface area (Å²) < 4.78 is 43.6. The van der Waals surface area contributed by atoms with Crippen LogP contribution in [0.15, 0.2) is 42.5 Å². The van der Waals surface area contributed by atoms with Crippen molar-refractivity contribution in [3.05, 3.63) is 59.4 Å². The molecule has 0 saturated carbocycles. The molecule has 0 saturated heterocycles. The van der Waals surface area contributed by atoms with Gasteiger partial charge in [0.15, 0.2) is 0 Å². The summed E-state index contributed by atoms with van der Waals surface area (Å²) in [5.74, 6) is -1.83. The lowest BCUT2D eigenvalue weighted by Crippen LogP contribution is -2.45. The van der Waals surface area contributed by atoms with Gasteiger partial charge in [-0.15, -0.1) is 0 Å². The normalized spacial score (nSPS) is 12.2. The molecule has 0 fully saturated rings. The molecule has 1 amide bonds. The zero-order valence-corrected chi connectivity index (χ0v) is 16.7. The molecule has 0 aliphatic carbocycles. The van der Waals surface area contributed by atoms with Crippen LogP contribution in [0, 0.1) is 12.7 Å². The maximum atomic E-state index is 13.6. The molecule has 2 rings (SSSR count). The fourth-order valence-electron chi connectivity index (χ4n) is 2.66. The van der Waals surface area contributed by atoms with Gasteiger partial charge in [-0.3, -0.25) is 9.10 Å². The highest BCUT2D eigenvalue weighted by Gasteiger charge is 2.29. The quantitative estimate of drug-likeness (QED) is 0.742. The summed E-state index contributed by atoms with van der Waals surface area (Å²) in [4.78, 5) is 24.4. The number of benzene rings is 2. The number of nitrogens with one attached hydrogen (secondary N) is 1. The molecule has 1 unspecified atom stereocenters. The van der Waals surface area contributed by atoms with Crippen LogP contribution in [-0.4, -0.2) is 39.7 Å². The third-order valence-corrected chi connectivity index (χ3v) is 5.31. The first-order valence-corrected chi connectivity index (χ1v) is 10.1. The lowest BCUT2D eigenvalue weighted by Gasteiger charge is -2.28. The highest BCUT2D eigenvalue weighted by molar-refractivity contribution is 7.92. The Morgan fingerprint density at radius 3 is 2.43 bits per heavy atom. The predicted molar refractivity (Wildman–Crippen MR) is 104 cm³/mol. The van der Waals surface area contributed by atoms with Gasteiger partial charge in [0.25, 0.3) is 0 Å². The van der Waals surface area contributed by atoms with Crippen LogP contribution in [0.4, 0.5) is 15.8 Å². The Kier molecular flexibility index (Phi) is 6.40. The molecule has 0 bridgehead atoms. The first kappa shape index (κ1) is 21.4. The first-order valence-electron chi connectivity index (χ1n) is 8.29. The average Bonchev–Trinajstić information content (AvgIpc) is 2.61. The second kappa shape index (κ2) is 8.39. The number of halogens is 1. The van der Waals surface area contributed by atoms with Crippen molar-refractivity contribution in [1.82, 2.24) is 0 Å². The second-order valence-corrected chi connectivity index (χ2v) is 8.08. The Balaban J connectivity index is 2.35. The Morgan fingerprint density at radius 2 is 1.86 bits per heavy atom. The maximum absolute atomic E-state index is 13.6. The van der Waals surface area contributed by atoms with E-state index in [1.54, 1.807) is 19.1 Å². The summed E-state index contributed by atoms with van der Waals surface area (Å²) in [6.07, 6.45) is 0.935. The predicted octanol–water partition coefficient (Wildman–Crippen LogP) is 2.71. The standard InChI is InChI=1S/C19H21FN2O5S/c1-12-8-9-14(19(24)27-3)10-17(12)21-18(23)13(2)22(28(4,25)26)16-7-5-6-15(20)11-16/h5-11,13H,1-4H3,(H,21,23). The number of hydrogen-bond acceptors (Lipinski definition) is 5. The lowest BCUT2D eigenvalue weighted by atomic mass is 10.1. The van der Waals surface area contributed by atoms with Crippen molar-refractivity contribution in [2.24, 2.45) is 0 Å². The van der Waals surface area contributed by atoms with E-state index in [-0.39, 0.29) is 11.3 Å². The van der Waals surface area contributed by atoms with E-state index in [1.807, 2.05) is 0 Å². The van der Waals surface area contributed by atoms with Gasteiger partial charge in [0.1, 0.15) is 11.9 Å². The molecule has 2 aromatic carbocycles. The molecular weight excluding hydrogens is 387 g/mol. The number of carbonyl (C=O) groups excluding carboxylic acids is 2. The van der Waals surface area contributed by atoms with E-state index in [0.717, 1.165) is 16.6 Å². The molecule has 1 atom stereocenters. The van der Waals surface area contributed by atoms with E-state index >= 15 is 0 Å². The minimum Gasteiger partial charge on any atom is -0.465 e. The number of ether oxygens (including phenoxy) is 1. The topological polar surface area (TPSA) is 92.8 Å². The van der Waals surface area contributed by atoms with Gasteiger partial charge < -0.3 is 10.1 Å².